The maximum absolute atomic E-state index is 12.2. The van der Waals surface area contributed by atoms with Gasteiger partial charge in [0.1, 0.15) is 0 Å². The van der Waals surface area contributed by atoms with E-state index in [2.05, 4.69) is 11.9 Å². The van der Waals surface area contributed by atoms with Crippen LogP contribution in [0.1, 0.15) is 48.4 Å². The third-order valence-corrected chi connectivity index (χ3v) is 3.34. The Bertz CT molecular complexity index is 548. The average molecular weight is 271 g/mol. The van der Waals surface area contributed by atoms with Crippen molar-refractivity contribution in [1.29, 1.82) is 0 Å². The predicted molar refractivity (Wildman–Crippen MR) is 79.5 cm³/mol. The summed E-state index contributed by atoms with van der Waals surface area (Å²) in [7, 11) is 0. The zero-order valence-electron chi connectivity index (χ0n) is 11.8. The number of rotatable bonds is 7. The molecular formula is C16H21N3O. The van der Waals surface area contributed by atoms with Crippen molar-refractivity contribution in [3.8, 4) is 0 Å². The Labute approximate surface area is 119 Å². The van der Waals surface area contributed by atoms with Gasteiger partial charge < -0.3 is 10.3 Å². The predicted octanol–water partition coefficient (Wildman–Crippen LogP) is 2.96. The van der Waals surface area contributed by atoms with Gasteiger partial charge in [-0.25, -0.2) is 4.98 Å². The van der Waals surface area contributed by atoms with Crippen LogP contribution in [-0.4, -0.2) is 15.3 Å². The highest BCUT2D eigenvalue weighted by molar-refractivity contribution is 5.92. The van der Waals surface area contributed by atoms with E-state index < -0.39 is 0 Å². The van der Waals surface area contributed by atoms with Crippen molar-refractivity contribution >= 4 is 5.78 Å². The van der Waals surface area contributed by atoms with Gasteiger partial charge in [0.15, 0.2) is 11.6 Å². The molecule has 1 unspecified atom stereocenters. The second kappa shape index (κ2) is 7.01. The van der Waals surface area contributed by atoms with Gasteiger partial charge in [-0.15, -0.1) is 0 Å². The summed E-state index contributed by atoms with van der Waals surface area (Å²) in [6.45, 7) is 2.91. The molecule has 0 saturated carbocycles. The Hall–Kier alpha value is -1.94. The summed E-state index contributed by atoms with van der Waals surface area (Å²) in [5.41, 5.74) is 7.18. The fourth-order valence-electron chi connectivity index (χ4n) is 2.25. The van der Waals surface area contributed by atoms with Crippen molar-refractivity contribution in [1.82, 2.24) is 9.55 Å². The van der Waals surface area contributed by atoms with Gasteiger partial charge >= 0.3 is 0 Å². The molecule has 0 aliphatic heterocycles. The smallest absolute Gasteiger partial charge is 0.198 e. The average Bonchev–Trinajstić information content (AvgIpc) is 2.94. The van der Waals surface area contributed by atoms with Crippen molar-refractivity contribution < 1.29 is 4.79 Å². The number of aryl methyl sites for hydroxylation is 1. The second-order valence-electron chi connectivity index (χ2n) is 4.92. The van der Waals surface area contributed by atoms with Gasteiger partial charge in [-0.1, -0.05) is 37.3 Å². The number of nitrogens with zero attached hydrogens (tertiary/aromatic N) is 2. The molecule has 2 N–H and O–H groups in total. The SMILES string of the molecule is CCCn1ccnc1C(=O)CCC(N)c1ccccc1. The molecule has 0 fully saturated rings. The fourth-order valence-corrected chi connectivity index (χ4v) is 2.25. The first kappa shape index (κ1) is 14.5. The maximum Gasteiger partial charge on any atom is 0.198 e. The van der Waals surface area contributed by atoms with Gasteiger partial charge in [-0.3, -0.25) is 4.79 Å². The van der Waals surface area contributed by atoms with Gasteiger partial charge in [0.25, 0.3) is 0 Å². The Morgan fingerprint density at radius 3 is 2.80 bits per heavy atom. The van der Waals surface area contributed by atoms with Crippen molar-refractivity contribution in [2.45, 2.75) is 38.8 Å². The Balaban J connectivity index is 1.93. The number of ketones is 1. The van der Waals surface area contributed by atoms with Crippen LogP contribution < -0.4 is 5.73 Å². The molecule has 1 aromatic heterocycles. The Morgan fingerprint density at radius 1 is 1.35 bits per heavy atom. The molecule has 2 rings (SSSR count). The molecule has 0 spiro atoms. The van der Waals surface area contributed by atoms with E-state index in [4.69, 9.17) is 5.73 Å². The fraction of sp³-hybridized carbons (Fsp3) is 0.375. The van der Waals surface area contributed by atoms with E-state index in [1.54, 1.807) is 6.20 Å². The first-order valence-electron chi connectivity index (χ1n) is 7.07. The van der Waals surface area contributed by atoms with Crippen molar-refractivity contribution in [3.63, 3.8) is 0 Å². The third kappa shape index (κ3) is 3.54. The van der Waals surface area contributed by atoms with Gasteiger partial charge in [0, 0.05) is 31.4 Å². The summed E-state index contributed by atoms with van der Waals surface area (Å²) < 4.78 is 1.91. The van der Waals surface area contributed by atoms with E-state index >= 15 is 0 Å². The van der Waals surface area contributed by atoms with Crippen LogP contribution in [0.5, 0.6) is 0 Å². The van der Waals surface area contributed by atoms with Gasteiger partial charge in [-0.05, 0) is 18.4 Å². The summed E-state index contributed by atoms with van der Waals surface area (Å²) in [6.07, 6.45) is 5.59. The van der Waals surface area contributed by atoms with Crippen LogP contribution in [0, 0.1) is 0 Å². The lowest BCUT2D eigenvalue weighted by Crippen LogP contribution is -2.15. The van der Waals surface area contributed by atoms with Crippen molar-refractivity contribution in [3.05, 3.63) is 54.1 Å². The Morgan fingerprint density at radius 2 is 2.10 bits per heavy atom. The molecule has 0 aliphatic rings. The van der Waals surface area contributed by atoms with Crippen LogP contribution in [0.15, 0.2) is 42.7 Å². The minimum absolute atomic E-state index is 0.0647. The molecule has 4 nitrogen and oxygen atoms in total. The number of hydrogen-bond acceptors (Lipinski definition) is 3. The monoisotopic (exact) mass is 271 g/mol. The standard InChI is InChI=1S/C16H21N3O/c1-2-11-19-12-10-18-16(19)15(20)9-8-14(17)13-6-4-3-5-7-13/h3-7,10,12,14H,2,8-9,11,17H2,1H3. The van der Waals surface area contributed by atoms with Gasteiger partial charge in [0.05, 0.1) is 0 Å². The summed E-state index contributed by atoms with van der Waals surface area (Å²) in [6, 6.07) is 9.77. The lowest BCUT2D eigenvalue weighted by Gasteiger charge is -2.11. The molecular weight excluding hydrogens is 250 g/mol. The molecule has 4 heteroatoms. The van der Waals surface area contributed by atoms with Gasteiger partial charge in [-0.2, -0.15) is 0 Å². The van der Waals surface area contributed by atoms with E-state index in [1.807, 2.05) is 41.1 Å². The van der Waals surface area contributed by atoms with Crippen LogP contribution >= 0.6 is 0 Å². The number of benzene rings is 1. The highest BCUT2D eigenvalue weighted by Crippen LogP contribution is 2.16. The number of hydrogen-bond donors (Lipinski definition) is 1. The van der Waals surface area contributed by atoms with Crippen LogP contribution in [0.4, 0.5) is 0 Å². The zero-order chi connectivity index (χ0) is 14.4. The number of aromatic nitrogens is 2. The van der Waals surface area contributed by atoms with Crippen molar-refractivity contribution in [2.24, 2.45) is 5.73 Å². The molecule has 1 atom stereocenters. The quantitative estimate of drug-likeness (QED) is 0.787. The topological polar surface area (TPSA) is 60.9 Å². The highest BCUT2D eigenvalue weighted by Gasteiger charge is 2.14. The lowest BCUT2D eigenvalue weighted by atomic mass is 10.0. The van der Waals surface area contributed by atoms with Crippen molar-refractivity contribution in [2.75, 3.05) is 0 Å². The minimum Gasteiger partial charge on any atom is -0.329 e. The summed E-state index contributed by atoms with van der Waals surface area (Å²) in [5, 5.41) is 0. The number of imidazole rings is 1. The van der Waals surface area contributed by atoms with Crippen LogP contribution in [0.2, 0.25) is 0 Å². The summed E-state index contributed by atoms with van der Waals surface area (Å²) in [4.78, 5) is 16.4. The van der Waals surface area contributed by atoms with E-state index in [0.717, 1.165) is 18.5 Å². The van der Waals surface area contributed by atoms with Crippen LogP contribution in [0.25, 0.3) is 0 Å². The van der Waals surface area contributed by atoms with E-state index in [9.17, 15) is 4.79 Å². The molecule has 0 aliphatic carbocycles. The maximum atomic E-state index is 12.2. The molecule has 1 aromatic carbocycles. The molecule has 0 bridgehead atoms. The van der Waals surface area contributed by atoms with Gasteiger partial charge in [0.2, 0.25) is 0 Å². The number of nitrogens with two attached hydrogens (primary N) is 1. The third-order valence-electron chi connectivity index (χ3n) is 3.34. The number of carbonyl (C=O) groups excluding carboxylic acids is 1. The number of carbonyl (C=O) groups is 1. The minimum atomic E-state index is -0.102. The van der Waals surface area contributed by atoms with Crippen LogP contribution in [0.3, 0.4) is 0 Å². The molecule has 106 valence electrons. The highest BCUT2D eigenvalue weighted by atomic mass is 16.1. The molecule has 1 heterocycles. The molecule has 0 radical (unpaired) electrons. The normalized spacial score (nSPS) is 12.3. The largest absolute Gasteiger partial charge is 0.329 e. The van der Waals surface area contributed by atoms with Crippen LogP contribution in [-0.2, 0) is 6.54 Å². The Kier molecular flexibility index (Phi) is 5.07. The summed E-state index contributed by atoms with van der Waals surface area (Å²) in [5.74, 6) is 0.613. The van der Waals surface area contributed by atoms with E-state index in [0.29, 0.717) is 18.7 Å². The molecule has 2 aromatic rings. The van der Waals surface area contributed by atoms with E-state index in [-0.39, 0.29) is 11.8 Å². The summed E-state index contributed by atoms with van der Waals surface area (Å²) >= 11 is 0. The zero-order valence-corrected chi connectivity index (χ0v) is 11.8. The molecule has 0 saturated heterocycles. The molecule has 0 amide bonds. The number of Topliss-reactive ketones (excluding diaryl/α,β-unsaturated/α-hetero) is 1. The molecule has 20 heavy (non-hydrogen) atoms. The first-order chi connectivity index (χ1) is 9.72. The first-order valence-corrected chi connectivity index (χ1v) is 7.07. The lowest BCUT2D eigenvalue weighted by molar-refractivity contribution is 0.0963. The second-order valence-corrected chi connectivity index (χ2v) is 4.92. The van der Waals surface area contributed by atoms with E-state index in [1.165, 1.54) is 0 Å².